The first-order chi connectivity index (χ1) is 18.6. The Kier molecular flexibility index (Phi) is 6.04. The Balaban J connectivity index is 1.42. The molecule has 6 rings (SSSR count). The molecule has 5 nitrogen and oxygen atoms in total. The van der Waals surface area contributed by atoms with Crippen molar-refractivity contribution in [1.82, 2.24) is 0 Å². The molecule has 0 saturated carbocycles. The average molecular weight is 497 g/mol. The molecule has 0 radical (unpaired) electrons. The molecule has 38 heavy (non-hydrogen) atoms. The minimum Gasteiger partial charge on any atom is -0.310 e. The molecule has 0 bridgehead atoms. The van der Waals surface area contributed by atoms with E-state index in [1.165, 1.54) is 27.6 Å². The maximum atomic E-state index is 11.3. The zero-order valence-corrected chi connectivity index (χ0v) is 20.9. The molecule has 6 aromatic rings. The van der Waals surface area contributed by atoms with Crippen molar-refractivity contribution in [3.05, 3.63) is 144 Å². The van der Waals surface area contributed by atoms with E-state index in [4.69, 9.17) is 0 Å². The fourth-order valence-corrected chi connectivity index (χ4v) is 4.96. The van der Waals surface area contributed by atoms with E-state index in [-0.39, 0.29) is 10.6 Å². The monoisotopic (exact) mass is 496 g/mol. The fraction of sp³-hybridized carbons (Fsp3) is 0.0303. The van der Waals surface area contributed by atoms with Crippen LogP contribution in [0.2, 0.25) is 0 Å². The number of benzene rings is 6. The van der Waals surface area contributed by atoms with E-state index in [9.17, 15) is 10.1 Å². The second-order valence-electron chi connectivity index (χ2n) is 9.38. The highest BCUT2D eigenvalue weighted by molar-refractivity contribution is 5.92. The van der Waals surface area contributed by atoms with E-state index in [0.717, 1.165) is 33.3 Å². The van der Waals surface area contributed by atoms with E-state index < -0.39 is 0 Å². The Bertz CT molecular complexity index is 1700. The lowest BCUT2D eigenvalue weighted by molar-refractivity contribution is -0.735. The van der Waals surface area contributed by atoms with Gasteiger partial charge >= 0.3 is 0 Å². The van der Waals surface area contributed by atoms with Crippen LogP contribution in [0.3, 0.4) is 0 Å². The third-order valence-corrected chi connectivity index (χ3v) is 7.03. The van der Waals surface area contributed by atoms with Crippen LogP contribution in [0, 0.1) is 10.1 Å². The number of non-ortho nitro benzene ring substituents is 1. The number of quaternary nitrogens is 1. The molecule has 6 aromatic carbocycles. The predicted molar refractivity (Wildman–Crippen MR) is 155 cm³/mol. The zero-order chi connectivity index (χ0) is 26.1. The molecule has 0 aliphatic carbocycles. The third-order valence-electron chi connectivity index (χ3n) is 7.03. The van der Waals surface area contributed by atoms with Crippen molar-refractivity contribution in [2.24, 2.45) is 0 Å². The van der Waals surface area contributed by atoms with E-state index in [1.807, 2.05) is 13.1 Å². The van der Waals surface area contributed by atoms with Gasteiger partial charge in [0.2, 0.25) is 0 Å². The summed E-state index contributed by atoms with van der Waals surface area (Å²) >= 11 is 0. The molecular formula is C33H26N3O2+. The van der Waals surface area contributed by atoms with Crippen molar-refractivity contribution in [1.29, 1.82) is 0 Å². The van der Waals surface area contributed by atoms with Crippen molar-refractivity contribution in [3.63, 3.8) is 0 Å². The Morgan fingerprint density at radius 3 is 1.63 bits per heavy atom. The Labute approximate surface area is 221 Å². The zero-order valence-electron chi connectivity index (χ0n) is 20.9. The van der Waals surface area contributed by atoms with Crippen LogP contribution in [-0.4, -0.2) is 12.0 Å². The molecular weight excluding hydrogens is 470 g/mol. The van der Waals surface area contributed by atoms with Gasteiger partial charge in [0.15, 0.2) is 0 Å². The summed E-state index contributed by atoms with van der Waals surface area (Å²) < 4.78 is 0. The molecule has 0 saturated heterocycles. The van der Waals surface area contributed by atoms with Gasteiger partial charge in [-0.1, -0.05) is 60.7 Å². The van der Waals surface area contributed by atoms with Crippen LogP contribution in [-0.2, 0) is 0 Å². The molecule has 0 aliphatic heterocycles. The fourth-order valence-electron chi connectivity index (χ4n) is 4.96. The van der Waals surface area contributed by atoms with Crippen molar-refractivity contribution >= 4 is 55.7 Å². The van der Waals surface area contributed by atoms with Gasteiger partial charge in [-0.05, 0) is 70.1 Å². The first-order valence-electron chi connectivity index (χ1n) is 12.5. The number of hydrogen-bond acceptors (Lipinski definition) is 3. The van der Waals surface area contributed by atoms with Gasteiger partial charge in [-0.15, -0.1) is 0 Å². The minimum atomic E-state index is -0.356. The van der Waals surface area contributed by atoms with Gasteiger partial charge in [-0.3, -0.25) is 15.0 Å². The number of nitrogens with zero attached hydrogens (tertiary/aromatic N) is 2. The number of nitrogens with one attached hydrogen (secondary N) is 1. The van der Waals surface area contributed by atoms with Crippen LogP contribution in [0.15, 0.2) is 133 Å². The summed E-state index contributed by atoms with van der Waals surface area (Å²) in [4.78, 5) is 14.2. The van der Waals surface area contributed by atoms with Gasteiger partial charge in [0.25, 0.3) is 5.69 Å². The molecule has 5 heteroatoms. The smallest absolute Gasteiger partial charge is 0.275 e. The maximum Gasteiger partial charge on any atom is 0.275 e. The Morgan fingerprint density at radius 1 is 0.553 bits per heavy atom. The van der Waals surface area contributed by atoms with Crippen LogP contribution in [0.25, 0.3) is 21.5 Å². The van der Waals surface area contributed by atoms with Gasteiger partial charge in [0.05, 0.1) is 18.0 Å². The summed E-state index contributed by atoms with van der Waals surface area (Å²) in [6, 6.07) is 45.0. The summed E-state index contributed by atoms with van der Waals surface area (Å²) in [6.45, 7) is 0. The van der Waals surface area contributed by atoms with Crippen molar-refractivity contribution < 1.29 is 9.82 Å². The Morgan fingerprint density at radius 2 is 1.08 bits per heavy atom. The molecule has 1 unspecified atom stereocenters. The van der Waals surface area contributed by atoms with E-state index in [1.54, 1.807) is 12.1 Å². The van der Waals surface area contributed by atoms with Gasteiger partial charge in [-0.25, -0.2) is 0 Å². The topological polar surface area (TPSA) is 50.8 Å². The largest absolute Gasteiger partial charge is 0.310 e. The third kappa shape index (κ3) is 4.47. The minimum absolute atomic E-state index is 0.0947. The summed E-state index contributed by atoms with van der Waals surface area (Å²) in [6.07, 6.45) is 0. The first-order valence-corrected chi connectivity index (χ1v) is 12.5. The molecule has 0 spiro atoms. The van der Waals surface area contributed by atoms with Crippen LogP contribution in [0.4, 0.5) is 34.1 Å². The molecule has 0 amide bonds. The molecule has 0 aliphatic rings. The first kappa shape index (κ1) is 23.4. The number of nitro groups is 1. The predicted octanol–water partition coefficient (Wildman–Crippen LogP) is 7.85. The number of anilines is 3. The summed E-state index contributed by atoms with van der Waals surface area (Å²) in [5.41, 5.74) is 5.14. The van der Waals surface area contributed by atoms with Gasteiger partial charge < -0.3 is 4.90 Å². The quantitative estimate of drug-likeness (QED) is 0.189. The Hall–Kier alpha value is -5.00. The molecule has 1 N–H and O–H groups in total. The second kappa shape index (κ2) is 9.81. The number of rotatable bonds is 6. The van der Waals surface area contributed by atoms with E-state index >= 15 is 0 Å². The lowest BCUT2D eigenvalue weighted by atomic mass is 10.1. The van der Waals surface area contributed by atoms with Crippen LogP contribution in [0.5, 0.6) is 0 Å². The SMILES string of the molecule is C[NH+](c1ccc(N(c2ccc3ccccc3c2)c2ccc3ccccc3c2)cc1)c1cccc([N+](=O)[O-])c1. The lowest BCUT2D eigenvalue weighted by Gasteiger charge is -2.26. The molecule has 1 atom stereocenters. The van der Waals surface area contributed by atoms with Gasteiger partial charge in [0, 0.05) is 35.3 Å². The standard InChI is InChI=1S/C33H25N3O2/c1-34(30-11-6-12-33(23-30)36(37)38)28-17-19-29(20-18-28)35(31-15-13-24-7-2-4-9-26(24)21-31)32-16-14-25-8-3-5-10-27(25)22-32/h2-23H,1H3/p+1. The van der Waals surface area contributed by atoms with E-state index in [0.29, 0.717) is 0 Å². The average Bonchev–Trinajstić information content (AvgIpc) is 2.97. The number of hydrogen-bond donors (Lipinski definition) is 1. The van der Waals surface area contributed by atoms with Crippen molar-refractivity contribution in [2.45, 2.75) is 0 Å². The molecule has 0 aromatic heterocycles. The molecule has 184 valence electrons. The van der Waals surface area contributed by atoms with E-state index in [2.05, 4.69) is 114 Å². The highest BCUT2D eigenvalue weighted by Gasteiger charge is 2.17. The van der Waals surface area contributed by atoms with Crippen LogP contribution >= 0.6 is 0 Å². The summed E-state index contributed by atoms with van der Waals surface area (Å²) in [5.74, 6) is 0. The van der Waals surface area contributed by atoms with Gasteiger partial charge in [0.1, 0.15) is 11.4 Å². The summed E-state index contributed by atoms with van der Waals surface area (Å²) in [5, 5.41) is 16.0. The highest BCUT2D eigenvalue weighted by Crippen LogP contribution is 2.37. The number of fused-ring (bicyclic) bond motifs is 2. The normalized spacial score (nSPS) is 11.9. The maximum absolute atomic E-state index is 11.3. The highest BCUT2D eigenvalue weighted by atomic mass is 16.6. The van der Waals surface area contributed by atoms with Crippen molar-refractivity contribution in [2.75, 3.05) is 11.9 Å². The van der Waals surface area contributed by atoms with Crippen molar-refractivity contribution in [3.8, 4) is 0 Å². The van der Waals surface area contributed by atoms with Crippen LogP contribution < -0.4 is 9.80 Å². The van der Waals surface area contributed by atoms with Crippen LogP contribution in [0.1, 0.15) is 0 Å². The van der Waals surface area contributed by atoms with Gasteiger partial charge in [-0.2, -0.15) is 0 Å². The second-order valence-corrected chi connectivity index (χ2v) is 9.38. The number of nitro benzene ring substituents is 1. The summed E-state index contributed by atoms with van der Waals surface area (Å²) in [7, 11) is 2.00. The lowest BCUT2D eigenvalue weighted by Crippen LogP contribution is -2.98. The molecule has 0 heterocycles. The molecule has 0 fully saturated rings.